The molecule has 2 rings (SSSR count). The van der Waals surface area contributed by atoms with Crippen LogP contribution in [0, 0.1) is 13.8 Å². The Hall–Kier alpha value is -1.75. The molecule has 0 aliphatic heterocycles. The average molecular weight is 245 g/mol. The van der Waals surface area contributed by atoms with E-state index in [2.05, 4.69) is 15.3 Å². The van der Waals surface area contributed by atoms with Gasteiger partial charge in [0.2, 0.25) is 0 Å². The van der Waals surface area contributed by atoms with Crippen LogP contribution in [0.25, 0.3) is 0 Å². The molecule has 18 heavy (non-hydrogen) atoms. The highest BCUT2D eigenvalue weighted by molar-refractivity contribution is 5.23. The zero-order chi connectivity index (χ0) is 13.1. The van der Waals surface area contributed by atoms with Gasteiger partial charge in [-0.25, -0.2) is 0 Å². The van der Waals surface area contributed by atoms with Crippen LogP contribution in [-0.4, -0.2) is 20.0 Å². The average Bonchev–Trinajstić information content (AvgIpc) is 2.75. The molecule has 2 N–H and O–H groups in total. The zero-order valence-corrected chi connectivity index (χ0v) is 11.1. The fourth-order valence-electron chi connectivity index (χ4n) is 2.02. The Morgan fingerprint density at radius 3 is 2.78 bits per heavy atom. The molecule has 2 aromatic heterocycles. The first-order valence-corrected chi connectivity index (χ1v) is 6.10. The molecule has 1 unspecified atom stereocenters. The summed E-state index contributed by atoms with van der Waals surface area (Å²) in [4.78, 5) is 0. The summed E-state index contributed by atoms with van der Waals surface area (Å²) in [6, 6.07) is 2.02. The van der Waals surface area contributed by atoms with Gasteiger partial charge in [-0.2, -0.15) is 15.3 Å². The van der Waals surface area contributed by atoms with Gasteiger partial charge < -0.3 is 5.73 Å². The number of hydrogen-bond acceptors (Lipinski definition) is 4. The molecule has 96 valence electrons. The van der Waals surface area contributed by atoms with Gasteiger partial charge >= 0.3 is 0 Å². The topological polar surface area (TPSA) is 69.6 Å². The lowest BCUT2D eigenvalue weighted by Crippen LogP contribution is -2.14. The van der Waals surface area contributed by atoms with Gasteiger partial charge in [-0.05, 0) is 43.9 Å². The van der Waals surface area contributed by atoms with Crippen LogP contribution in [0.2, 0.25) is 0 Å². The quantitative estimate of drug-likeness (QED) is 0.885. The molecular weight excluding hydrogens is 226 g/mol. The first kappa shape index (κ1) is 12.7. The number of rotatable bonds is 4. The van der Waals surface area contributed by atoms with Gasteiger partial charge in [-0.3, -0.25) is 4.68 Å². The van der Waals surface area contributed by atoms with Crippen molar-refractivity contribution in [3.8, 4) is 0 Å². The zero-order valence-electron chi connectivity index (χ0n) is 11.1. The van der Waals surface area contributed by atoms with Crippen molar-refractivity contribution >= 4 is 0 Å². The SMILES string of the molecule is Cc1cc(C(N)CCc2cnn(C)c2)c(C)nn1. The lowest BCUT2D eigenvalue weighted by molar-refractivity contribution is 0.638. The number of nitrogens with two attached hydrogens (primary N) is 1. The van der Waals surface area contributed by atoms with Crippen molar-refractivity contribution in [3.63, 3.8) is 0 Å². The molecule has 0 saturated carbocycles. The molecule has 2 aromatic rings. The Morgan fingerprint density at radius 1 is 1.33 bits per heavy atom. The van der Waals surface area contributed by atoms with Gasteiger partial charge in [0.15, 0.2) is 0 Å². The Bertz CT molecular complexity index is 532. The molecule has 5 heteroatoms. The van der Waals surface area contributed by atoms with E-state index in [9.17, 15) is 0 Å². The molecule has 0 aromatic carbocycles. The summed E-state index contributed by atoms with van der Waals surface area (Å²) >= 11 is 0. The first-order valence-electron chi connectivity index (χ1n) is 6.10. The smallest absolute Gasteiger partial charge is 0.0648 e. The minimum absolute atomic E-state index is 0.000550. The van der Waals surface area contributed by atoms with Gasteiger partial charge in [-0.15, -0.1) is 0 Å². The molecule has 0 bridgehead atoms. The number of hydrogen-bond donors (Lipinski definition) is 1. The lowest BCUT2D eigenvalue weighted by Gasteiger charge is -2.13. The first-order chi connectivity index (χ1) is 8.56. The Morgan fingerprint density at radius 2 is 2.11 bits per heavy atom. The molecule has 0 spiro atoms. The standard InChI is InChI=1S/C13H19N5/c1-9-6-12(10(2)17-16-9)13(14)5-4-11-7-15-18(3)8-11/h6-8,13H,4-5,14H2,1-3H3. The van der Waals surface area contributed by atoms with Gasteiger partial charge in [0.1, 0.15) is 0 Å². The van der Waals surface area contributed by atoms with Gasteiger partial charge in [0.25, 0.3) is 0 Å². The molecule has 5 nitrogen and oxygen atoms in total. The van der Waals surface area contributed by atoms with Gasteiger partial charge in [0, 0.05) is 19.3 Å². The van der Waals surface area contributed by atoms with Gasteiger partial charge in [0.05, 0.1) is 17.6 Å². The fourth-order valence-corrected chi connectivity index (χ4v) is 2.02. The minimum atomic E-state index is -0.000550. The van der Waals surface area contributed by atoms with E-state index in [0.717, 1.165) is 29.8 Å². The van der Waals surface area contributed by atoms with Crippen LogP contribution in [0.5, 0.6) is 0 Å². The number of aromatic nitrogens is 4. The summed E-state index contributed by atoms with van der Waals surface area (Å²) in [5.74, 6) is 0. The third-order valence-corrected chi connectivity index (χ3v) is 3.04. The summed E-state index contributed by atoms with van der Waals surface area (Å²) in [6.07, 6.45) is 5.72. The third kappa shape index (κ3) is 2.92. The van der Waals surface area contributed by atoms with Crippen LogP contribution in [0.1, 0.15) is 35.0 Å². The van der Waals surface area contributed by atoms with Crippen molar-refractivity contribution in [1.82, 2.24) is 20.0 Å². The van der Waals surface area contributed by atoms with E-state index in [1.165, 1.54) is 5.56 Å². The van der Waals surface area contributed by atoms with Crippen molar-refractivity contribution in [2.24, 2.45) is 12.8 Å². The number of nitrogens with zero attached hydrogens (tertiary/aromatic N) is 4. The highest BCUT2D eigenvalue weighted by atomic mass is 15.2. The molecule has 2 heterocycles. The van der Waals surface area contributed by atoms with E-state index in [4.69, 9.17) is 5.73 Å². The van der Waals surface area contributed by atoms with Crippen LogP contribution in [-0.2, 0) is 13.5 Å². The van der Waals surface area contributed by atoms with E-state index < -0.39 is 0 Å². The maximum atomic E-state index is 6.22. The second-order valence-corrected chi connectivity index (χ2v) is 4.69. The molecule has 0 saturated heterocycles. The van der Waals surface area contributed by atoms with Crippen LogP contribution in [0.15, 0.2) is 18.5 Å². The molecule has 1 atom stereocenters. The normalized spacial score (nSPS) is 12.7. The van der Waals surface area contributed by atoms with Crippen LogP contribution in [0.4, 0.5) is 0 Å². The maximum Gasteiger partial charge on any atom is 0.0648 e. The summed E-state index contributed by atoms with van der Waals surface area (Å²) in [7, 11) is 1.92. The largest absolute Gasteiger partial charge is 0.324 e. The van der Waals surface area contributed by atoms with E-state index in [1.807, 2.05) is 44.0 Å². The predicted molar refractivity (Wildman–Crippen MR) is 70.0 cm³/mol. The van der Waals surface area contributed by atoms with Crippen molar-refractivity contribution in [2.75, 3.05) is 0 Å². The molecule has 0 aliphatic carbocycles. The van der Waals surface area contributed by atoms with E-state index >= 15 is 0 Å². The molecule has 0 fully saturated rings. The highest BCUT2D eigenvalue weighted by Gasteiger charge is 2.11. The van der Waals surface area contributed by atoms with Crippen LogP contribution in [0.3, 0.4) is 0 Å². The van der Waals surface area contributed by atoms with Crippen molar-refractivity contribution in [3.05, 3.63) is 41.0 Å². The second-order valence-electron chi connectivity index (χ2n) is 4.69. The van der Waals surface area contributed by atoms with Gasteiger partial charge in [-0.1, -0.05) is 0 Å². The second kappa shape index (κ2) is 5.27. The van der Waals surface area contributed by atoms with E-state index in [1.54, 1.807) is 0 Å². The maximum absolute atomic E-state index is 6.22. The highest BCUT2D eigenvalue weighted by Crippen LogP contribution is 2.19. The van der Waals surface area contributed by atoms with Crippen molar-refractivity contribution in [2.45, 2.75) is 32.7 Å². The van der Waals surface area contributed by atoms with Crippen molar-refractivity contribution < 1.29 is 0 Å². The molecule has 0 radical (unpaired) electrons. The molecule has 0 aliphatic rings. The summed E-state index contributed by atoms with van der Waals surface area (Å²) in [6.45, 7) is 3.88. The molecular formula is C13H19N5. The summed E-state index contributed by atoms with van der Waals surface area (Å²) in [5.41, 5.74) is 10.4. The van der Waals surface area contributed by atoms with E-state index in [-0.39, 0.29) is 6.04 Å². The number of aryl methyl sites for hydroxylation is 4. The van der Waals surface area contributed by atoms with E-state index in [0.29, 0.717) is 0 Å². The lowest BCUT2D eigenvalue weighted by atomic mass is 10.00. The fraction of sp³-hybridized carbons (Fsp3) is 0.462. The third-order valence-electron chi connectivity index (χ3n) is 3.04. The summed E-state index contributed by atoms with van der Waals surface area (Å²) in [5, 5.41) is 12.3. The monoisotopic (exact) mass is 245 g/mol. The Labute approximate surface area is 107 Å². The predicted octanol–water partition coefficient (Wildman–Crippen LogP) is 1.46. The van der Waals surface area contributed by atoms with Crippen LogP contribution >= 0.6 is 0 Å². The Balaban J connectivity index is 2.03. The minimum Gasteiger partial charge on any atom is -0.324 e. The van der Waals surface area contributed by atoms with Crippen molar-refractivity contribution in [1.29, 1.82) is 0 Å². The molecule has 0 amide bonds. The summed E-state index contributed by atoms with van der Waals surface area (Å²) < 4.78 is 1.81. The Kier molecular flexibility index (Phi) is 3.72. The van der Waals surface area contributed by atoms with Crippen LogP contribution < -0.4 is 5.73 Å².